The Kier molecular flexibility index (Phi) is 12.3. The molecule has 308 valence electrons. The van der Waals surface area contributed by atoms with Gasteiger partial charge in [0.2, 0.25) is 0 Å². The Labute approximate surface area is 377 Å². The Morgan fingerprint density at radius 2 is 0.797 bits per heavy atom. The van der Waals surface area contributed by atoms with E-state index in [-0.39, 0.29) is 6.04 Å². The van der Waals surface area contributed by atoms with Crippen LogP contribution in [0.4, 0.5) is 0 Å². The predicted molar refractivity (Wildman–Crippen MR) is 276 cm³/mol. The van der Waals surface area contributed by atoms with E-state index in [0.29, 0.717) is 5.70 Å². The molecule has 1 atom stereocenters. The van der Waals surface area contributed by atoms with Gasteiger partial charge in [-0.2, -0.15) is 0 Å². The van der Waals surface area contributed by atoms with Gasteiger partial charge in [0.1, 0.15) is 0 Å². The molecule has 64 heavy (non-hydrogen) atoms. The van der Waals surface area contributed by atoms with Crippen molar-refractivity contribution in [3.63, 3.8) is 0 Å². The lowest BCUT2D eigenvalue weighted by molar-refractivity contribution is 0.823. The van der Waals surface area contributed by atoms with Crippen LogP contribution < -0.4 is 0 Å². The van der Waals surface area contributed by atoms with E-state index in [1.807, 2.05) is 12.1 Å². The Morgan fingerprint density at radius 1 is 0.406 bits per heavy atom. The highest BCUT2D eigenvalue weighted by molar-refractivity contribution is 6.22. The molecule has 0 aliphatic carbocycles. The van der Waals surface area contributed by atoms with E-state index in [0.717, 1.165) is 61.3 Å². The normalized spacial score (nSPS) is 13.0. The summed E-state index contributed by atoms with van der Waals surface area (Å²) in [4.78, 5) is 10.7. The van der Waals surface area contributed by atoms with Crippen molar-refractivity contribution in [1.82, 2.24) is 0 Å². The Morgan fingerprint density at radius 3 is 1.28 bits per heavy atom. The Bertz CT molecular complexity index is 3200. The molecular weight excluding hydrogens is 773 g/mol. The number of aliphatic imine (C=N–C) groups is 2. The second kappa shape index (κ2) is 19.0. The van der Waals surface area contributed by atoms with E-state index in [4.69, 9.17) is 9.98 Å². The zero-order chi connectivity index (χ0) is 43.8. The van der Waals surface area contributed by atoms with Gasteiger partial charge in [0.15, 0.2) is 0 Å². The van der Waals surface area contributed by atoms with Crippen LogP contribution in [-0.4, -0.2) is 11.4 Å². The van der Waals surface area contributed by atoms with Crippen molar-refractivity contribution in [3.8, 4) is 22.3 Å². The maximum absolute atomic E-state index is 5.46. The van der Waals surface area contributed by atoms with Crippen molar-refractivity contribution in [2.45, 2.75) is 26.8 Å². The maximum atomic E-state index is 5.46. The van der Waals surface area contributed by atoms with Crippen molar-refractivity contribution in [2.75, 3.05) is 0 Å². The van der Waals surface area contributed by atoms with Crippen LogP contribution in [0.3, 0.4) is 0 Å². The number of benzene rings is 9. The van der Waals surface area contributed by atoms with Crippen molar-refractivity contribution in [2.24, 2.45) is 9.98 Å². The summed E-state index contributed by atoms with van der Waals surface area (Å²) >= 11 is 0. The fourth-order valence-electron chi connectivity index (χ4n) is 8.58. The molecular formula is C62H50N2. The maximum Gasteiger partial charge on any atom is 0.0728 e. The van der Waals surface area contributed by atoms with Gasteiger partial charge in [-0.3, -0.25) is 4.99 Å². The molecule has 0 saturated carbocycles. The fraction of sp³-hybridized carbons (Fsp3) is 0.0645. The van der Waals surface area contributed by atoms with Gasteiger partial charge >= 0.3 is 0 Å². The molecule has 1 unspecified atom stereocenters. The lowest BCUT2D eigenvalue weighted by Crippen LogP contribution is -2.02. The minimum Gasteiger partial charge on any atom is -0.277 e. The topological polar surface area (TPSA) is 24.7 Å². The first-order valence-corrected chi connectivity index (χ1v) is 22.0. The van der Waals surface area contributed by atoms with E-state index < -0.39 is 0 Å². The van der Waals surface area contributed by atoms with E-state index in [1.165, 1.54) is 38.4 Å². The van der Waals surface area contributed by atoms with E-state index in [2.05, 4.69) is 246 Å². The molecule has 2 nitrogen and oxygen atoms in total. The quantitative estimate of drug-likeness (QED) is 0.0866. The lowest BCUT2D eigenvalue weighted by Gasteiger charge is -2.20. The van der Waals surface area contributed by atoms with Gasteiger partial charge in [0, 0.05) is 11.1 Å². The number of fused-ring (bicyclic) bond motifs is 2. The van der Waals surface area contributed by atoms with E-state index in [1.54, 1.807) is 0 Å². The van der Waals surface area contributed by atoms with Gasteiger partial charge in [-0.05, 0) is 122 Å². The van der Waals surface area contributed by atoms with Crippen LogP contribution in [0.5, 0.6) is 0 Å². The molecule has 0 N–H and O–H groups in total. The first-order valence-electron chi connectivity index (χ1n) is 22.0. The second-order valence-corrected chi connectivity index (χ2v) is 16.3. The molecule has 0 heterocycles. The molecule has 0 aliphatic rings. The van der Waals surface area contributed by atoms with Gasteiger partial charge in [-0.15, -0.1) is 0 Å². The van der Waals surface area contributed by atoms with Gasteiger partial charge in [-0.1, -0.05) is 213 Å². The summed E-state index contributed by atoms with van der Waals surface area (Å²) in [6.07, 6.45) is 4.39. The molecule has 0 saturated heterocycles. The molecule has 9 rings (SSSR count). The van der Waals surface area contributed by atoms with Crippen molar-refractivity contribution < 1.29 is 0 Å². The molecule has 2 heteroatoms. The SMILES string of the molecule is C=C(N=C(/C=C(\C)c1ccccc1)c1ccccc1)c1ccc2c(-c3ccccc3)c3cc(C(C)N=C(/C=C(\C)c4ccccc4)c4ccccc4)ccc3c(-c3ccccc3)c2c1. The third kappa shape index (κ3) is 9.00. The molecule has 0 radical (unpaired) electrons. The summed E-state index contributed by atoms with van der Waals surface area (Å²) in [5, 5.41) is 4.68. The second-order valence-electron chi connectivity index (χ2n) is 16.3. The predicted octanol–water partition coefficient (Wildman–Crippen LogP) is 16.5. The minimum absolute atomic E-state index is 0.124. The van der Waals surface area contributed by atoms with Crippen LogP contribution >= 0.6 is 0 Å². The molecule has 0 aliphatic heterocycles. The first kappa shape index (κ1) is 41.4. The zero-order valence-electron chi connectivity index (χ0n) is 36.6. The molecule has 0 fully saturated rings. The van der Waals surface area contributed by atoms with Crippen molar-refractivity contribution in [1.29, 1.82) is 0 Å². The molecule has 9 aromatic carbocycles. The average Bonchev–Trinajstić information content (AvgIpc) is 3.36. The minimum atomic E-state index is -0.124. The summed E-state index contributed by atoms with van der Waals surface area (Å²) in [5.41, 5.74) is 16.1. The summed E-state index contributed by atoms with van der Waals surface area (Å²) in [6, 6.07) is 77.0. The summed E-state index contributed by atoms with van der Waals surface area (Å²) in [6.45, 7) is 11.1. The van der Waals surface area contributed by atoms with Crippen LogP contribution in [0.15, 0.2) is 247 Å². The van der Waals surface area contributed by atoms with Gasteiger partial charge in [-0.25, -0.2) is 4.99 Å². The van der Waals surface area contributed by atoms with E-state index in [9.17, 15) is 0 Å². The Balaban J connectivity index is 1.23. The number of allylic oxidation sites excluding steroid dienone is 4. The summed E-state index contributed by atoms with van der Waals surface area (Å²) in [7, 11) is 0. The standard InChI is InChI=1S/C62H50N2/c1-43(47-23-11-5-12-24-47)39-59(49-27-15-7-16-28-49)63-45(3)53-35-37-55-57(41-53)61(51-31-19-9-20-32-51)56-38-36-54(42-58(56)62(55)52-33-21-10-22-34-52)46(4)64-60(50-29-17-8-18-30-50)40-44(2)48-25-13-6-14-26-48/h5-42,46H,3H2,1-2,4H3/b43-39+,44-40+,63-59?,64-60?. The third-order valence-corrected chi connectivity index (χ3v) is 12.0. The highest BCUT2D eigenvalue weighted by Gasteiger charge is 2.20. The summed E-state index contributed by atoms with van der Waals surface area (Å²) in [5.74, 6) is 0. The third-order valence-electron chi connectivity index (χ3n) is 12.0. The van der Waals surface area contributed by atoms with Gasteiger partial charge in [0.05, 0.1) is 23.2 Å². The highest BCUT2D eigenvalue weighted by atomic mass is 14.8. The monoisotopic (exact) mass is 822 g/mol. The van der Waals surface area contributed by atoms with Crippen LogP contribution in [-0.2, 0) is 0 Å². The Hall–Kier alpha value is -7.94. The smallest absolute Gasteiger partial charge is 0.0728 e. The fourth-order valence-corrected chi connectivity index (χ4v) is 8.58. The molecule has 0 amide bonds. The molecule has 9 aromatic rings. The van der Waals surface area contributed by atoms with Crippen LogP contribution in [0.1, 0.15) is 60.2 Å². The highest BCUT2D eigenvalue weighted by Crippen LogP contribution is 2.45. The molecule has 0 spiro atoms. The molecule has 0 aromatic heterocycles. The molecule has 0 bridgehead atoms. The van der Waals surface area contributed by atoms with Gasteiger partial charge in [0.25, 0.3) is 0 Å². The van der Waals surface area contributed by atoms with Gasteiger partial charge < -0.3 is 0 Å². The van der Waals surface area contributed by atoms with Crippen LogP contribution in [0, 0.1) is 0 Å². The van der Waals surface area contributed by atoms with Crippen LogP contribution in [0.2, 0.25) is 0 Å². The average molecular weight is 823 g/mol. The van der Waals surface area contributed by atoms with Crippen molar-refractivity contribution in [3.05, 3.63) is 271 Å². The number of rotatable bonds is 12. The summed E-state index contributed by atoms with van der Waals surface area (Å²) < 4.78 is 0. The lowest BCUT2D eigenvalue weighted by atomic mass is 9.84. The largest absolute Gasteiger partial charge is 0.277 e. The number of hydrogen-bond acceptors (Lipinski definition) is 2. The zero-order valence-corrected chi connectivity index (χ0v) is 36.6. The first-order chi connectivity index (χ1) is 31.4. The van der Waals surface area contributed by atoms with Crippen molar-refractivity contribution >= 4 is 49.8 Å². The van der Waals surface area contributed by atoms with Crippen LogP contribution in [0.25, 0.3) is 60.6 Å². The number of hydrogen-bond donors (Lipinski definition) is 0. The van der Waals surface area contributed by atoms with E-state index >= 15 is 0 Å². The number of nitrogens with zero attached hydrogens (tertiary/aromatic N) is 2.